The zero-order chi connectivity index (χ0) is 25.8. The van der Waals surface area contributed by atoms with Gasteiger partial charge in [0.1, 0.15) is 17.4 Å². The SMILES string of the molecule is N#C/C(=C\c1cc(Cl)ccc1Oc1ccc(C(F)(F)F)cc1[N+](=O)[O-])C(=O)Nc1ccccc1Cl. The number of benzene rings is 3. The monoisotopic (exact) mass is 521 g/mol. The van der Waals surface area contributed by atoms with Crippen molar-refractivity contribution in [3.05, 3.63) is 97.5 Å². The topological polar surface area (TPSA) is 105 Å². The van der Waals surface area contributed by atoms with E-state index in [1.54, 1.807) is 18.2 Å². The van der Waals surface area contributed by atoms with Crippen molar-refractivity contribution in [2.75, 3.05) is 5.32 Å². The summed E-state index contributed by atoms with van der Waals surface area (Å²) in [7, 11) is 0. The molecule has 0 aliphatic rings. The normalized spacial score (nSPS) is 11.5. The molecule has 0 fully saturated rings. The average molecular weight is 522 g/mol. The van der Waals surface area contributed by atoms with Gasteiger partial charge in [0.2, 0.25) is 5.75 Å². The second-order valence-electron chi connectivity index (χ2n) is 6.83. The Morgan fingerprint density at radius 1 is 1.09 bits per heavy atom. The van der Waals surface area contributed by atoms with Crippen LogP contribution in [0, 0.1) is 21.4 Å². The molecule has 178 valence electrons. The van der Waals surface area contributed by atoms with Crippen molar-refractivity contribution in [1.29, 1.82) is 5.26 Å². The number of alkyl halides is 3. The van der Waals surface area contributed by atoms with Gasteiger partial charge < -0.3 is 10.1 Å². The van der Waals surface area contributed by atoms with Crippen LogP contribution in [0.2, 0.25) is 10.0 Å². The number of halogens is 5. The molecule has 0 atom stereocenters. The minimum atomic E-state index is -4.80. The van der Waals surface area contributed by atoms with E-state index in [2.05, 4.69) is 5.32 Å². The summed E-state index contributed by atoms with van der Waals surface area (Å²) in [5, 5.41) is 23.7. The number of rotatable bonds is 6. The van der Waals surface area contributed by atoms with Crippen molar-refractivity contribution in [3.8, 4) is 17.6 Å². The summed E-state index contributed by atoms with van der Waals surface area (Å²) in [6.45, 7) is 0. The van der Waals surface area contributed by atoms with Crippen LogP contribution < -0.4 is 10.1 Å². The molecule has 0 saturated carbocycles. The zero-order valence-electron chi connectivity index (χ0n) is 17.3. The van der Waals surface area contributed by atoms with E-state index in [1.165, 1.54) is 30.3 Å². The van der Waals surface area contributed by atoms with Gasteiger partial charge in [-0.25, -0.2) is 0 Å². The maximum Gasteiger partial charge on any atom is 0.416 e. The molecular formula is C23H12Cl2F3N3O4. The highest BCUT2D eigenvalue weighted by Gasteiger charge is 2.33. The van der Waals surface area contributed by atoms with Gasteiger partial charge in [-0.1, -0.05) is 35.3 Å². The predicted molar refractivity (Wildman–Crippen MR) is 123 cm³/mol. The van der Waals surface area contributed by atoms with E-state index >= 15 is 0 Å². The van der Waals surface area contributed by atoms with E-state index in [9.17, 15) is 33.3 Å². The third-order valence-electron chi connectivity index (χ3n) is 4.46. The molecule has 35 heavy (non-hydrogen) atoms. The number of amides is 1. The van der Waals surface area contributed by atoms with Crippen LogP contribution >= 0.6 is 23.2 Å². The summed E-state index contributed by atoms with van der Waals surface area (Å²) >= 11 is 12.0. The van der Waals surface area contributed by atoms with Crippen LogP contribution in [0.4, 0.5) is 24.5 Å². The van der Waals surface area contributed by atoms with E-state index in [-0.39, 0.29) is 32.6 Å². The Kier molecular flexibility index (Phi) is 7.64. The Morgan fingerprint density at radius 2 is 1.77 bits per heavy atom. The van der Waals surface area contributed by atoms with Gasteiger partial charge in [0.15, 0.2) is 0 Å². The Balaban J connectivity index is 2.00. The van der Waals surface area contributed by atoms with E-state index in [0.29, 0.717) is 12.1 Å². The Hall–Kier alpha value is -4.07. The third kappa shape index (κ3) is 6.29. The van der Waals surface area contributed by atoms with Crippen molar-refractivity contribution >= 4 is 46.6 Å². The van der Waals surface area contributed by atoms with Crippen LogP contribution in [0.3, 0.4) is 0 Å². The maximum absolute atomic E-state index is 13.0. The lowest BCUT2D eigenvalue weighted by atomic mass is 10.1. The number of hydrogen-bond acceptors (Lipinski definition) is 5. The number of nitriles is 1. The molecule has 3 aromatic rings. The van der Waals surface area contributed by atoms with Gasteiger partial charge in [0.25, 0.3) is 5.91 Å². The minimum absolute atomic E-state index is 0.0672. The van der Waals surface area contributed by atoms with E-state index in [4.69, 9.17) is 27.9 Å². The number of nitrogens with zero attached hydrogens (tertiary/aromatic N) is 2. The summed E-state index contributed by atoms with van der Waals surface area (Å²) < 4.78 is 44.4. The number of para-hydroxylation sites is 1. The fourth-order valence-corrected chi connectivity index (χ4v) is 3.19. The molecule has 3 aromatic carbocycles. The van der Waals surface area contributed by atoms with Gasteiger partial charge in [-0.15, -0.1) is 0 Å². The van der Waals surface area contributed by atoms with Gasteiger partial charge in [-0.05, 0) is 48.5 Å². The molecule has 0 heterocycles. The molecule has 12 heteroatoms. The second-order valence-corrected chi connectivity index (χ2v) is 7.67. The second kappa shape index (κ2) is 10.5. The molecule has 3 rings (SSSR count). The molecule has 7 nitrogen and oxygen atoms in total. The largest absolute Gasteiger partial charge is 0.449 e. The number of anilines is 1. The van der Waals surface area contributed by atoms with Crippen molar-refractivity contribution in [1.82, 2.24) is 0 Å². The number of hydrogen-bond donors (Lipinski definition) is 1. The molecular weight excluding hydrogens is 510 g/mol. The highest BCUT2D eigenvalue weighted by Crippen LogP contribution is 2.39. The van der Waals surface area contributed by atoms with Crippen LogP contribution in [0.5, 0.6) is 11.5 Å². The van der Waals surface area contributed by atoms with E-state index in [1.807, 2.05) is 0 Å². The van der Waals surface area contributed by atoms with Gasteiger partial charge >= 0.3 is 11.9 Å². The summed E-state index contributed by atoms with van der Waals surface area (Å²) in [5.74, 6) is -1.40. The summed E-state index contributed by atoms with van der Waals surface area (Å²) in [6.07, 6.45) is -3.68. The maximum atomic E-state index is 13.0. The lowest BCUT2D eigenvalue weighted by molar-refractivity contribution is -0.385. The van der Waals surface area contributed by atoms with Gasteiger partial charge in [0, 0.05) is 16.7 Å². The van der Waals surface area contributed by atoms with Crippen LogP contribution in [-0.2, 0) is 11.0 Å². The lowest BCUT2D eigenvalue weighted by Crippen LogP contribution is -2.13. The standard InChI is InChI=1S/C23H12Cl2F3N3O4/c24-16-6-8-20(35-21-7-5-15(23(26,27)28)11-19(21)31(33)34)13(10-16)9-14(12-29)22(32)30-18-4-2-1-3-17(18)25/h1-11H,(H,30,32)/b14-9+. The molecule has 0 spiro atoms. The highest BCUT2D eigenvalue weighted by molar-refractivity contribution is 6.34. The fraction of sp³-hybridized carbons (Fsp3) is 0.0435. The molecule has 0 bridgehead atoms. The number of nitro benzene ring substituents is 1. The van der Waals surface area contributed by atoms with Crippen molar-refractivity contribution < 1.29 is 27.6 Å². The summed E-state index contributed by atoms with van der Waals surface area (Å²) in [4.78, 5) is 22.9. The van der Waals surface area contributed by atoms with Gasteiger partial charge in [-0.3, -0.25) is 14.9 Å². The van der Waals surface area contributed by atoms with Crippen molar-refractivity contribution in [2.24, 2.45) is 0 Å². The van der Waals surface area contributed by atoms with Gasteiger partial charge in [0.05, 0.1) is 21.2 Å². The van der Waals surface area contributed by atoms with Crippen LogP contribution in [0.25, 0.3) is 6.08 Å². The van der Waals surface area contributed by atoms with Crippen LogP contribution in [0.15, 0.2) is 66.2 Å². The third-order valence-corrected chi connectivity index (χ3v) is 5.03. The highest BCUT2D eigenvalue weighted by atomic mass is 35.5. The Labute approximate surface area is 206 Å². The first-order chi connectivity index (χ1) is 16.5. The molecule has 0 aliphatic heterocycles. The Bertz CT molecular complexity index is 1390. The van der Waals surface area contributed by atoms with Crippen molar-refractivity contribution in [2.45, 2.75) is 6.18 Å². The van der Waals surface area contributed by atoms with Crippen LogP contribution in [-0.4, -0.2) is 10.8 Å². The molecule has 0 radical (unpaired) electrons. The van der Waals surface area contributed by atoms with E-state index < -0.39 is 34.0 Å². The number of ether oxygens (including phenoxy) is 1. The zero-order valence-corrected chi connectivity index (χ0v) is 18.8. The summed E-state index contributed by atoms with van der Waals surface area (Å²) in [5.41, 5.74) is -2.22. The molecule has 1 amide bonds. The first-order valence-electron chi connectivity index (χ1n) is 9.50. The fourth-order valence-electron chi connectivity index (χ4n) is 2.82. The average Bonchev–Trinajstić information content (AvgIpc) is 2.79. The van der Waals surface area contributed by atoms with E-state index in [0.717, 1.165) is 12.1 Å². The lowest BCUT2D eigenvalue weighted by Gasteiger charge is -2.12. The minimum Gasteiger partial charge on any atom is -0.449 e. The molecule has 0 unspecified atom stereocenters. The quantitative estimate of drug-likeness (QED) is 0.159. The molecule has 1 N–H and O–H groups in total. The summed E-state index contributed by atoms with van der Waals surface area (Å²) in [6, 6.07) is 13.8. The molecule has 0 saturated heterocycles. The Morgan fingerprint density at radius 3 is 2.40 bits per heavy atom. The number of nitro groups is 1. The van der Waals surface area contributed by atoms with Crippen molar-refractivity contribution in [3.63, 3.8) is 0 Å². The smallest absolute Gasteiger partial charge is 0.416 e. The first kappa shape index (κ1) is 25.6. The predicted octanol–water partition coefficient (Wildman–Crippen LogP) is 7.26. The van der Waals surface area contributed by atoms with Gasteiger partial charge in [-0.2, -0.15) is 18.4 Å². The number of carbonyl (C=O) groups is 1. The molecule has 0 aromatic heterocycles. The number of nitrogens with one attached hydrogen (secondary N) is 1. The number of carbonyl (C=O) groups excluding carboxylic acids is 1. The first-order valence-corrected chi connectivity index (χ1v) is 10.3. The molecule has 0 aliphatic carbocycles. The van der Waals surface area contributed by atoms with Crippen LogP contribution in [0.1, 0.15) is 11.1 Å².